The van der Waals surface area contributed by atoms with Crippen LogP contribution >= 0.6 is 24.0 Å². The lowest BCUT2D eigenvalue weighted by atomic mass is 10.2. The molecule has 0 N–H and O–H groups in total. The monoisotopic (exact) mass is 400 g/mol. The molecule has 2 aromatic rings. The summed E-state index contributed by atoms with van der Waals surface area (Å²) in [6.45, 7) is -0.578. The predicted molar refractivity (Wildman–Crippen MR) is 106 cm³/mol. The van der Waals surface area contributed by atoms with Crippen LogP contribution in [0.2, 0.25) is 0 Å². The van der Waals surface area contributed by atoms with Crippen molar-refractivity contribution in [1.29, 1.82) is 0 Å². The second kappa shape index (κ2) is 8.24. The Labute approximate surface area is 165 Å². The number of thioether (sulfide) groups is 1. The van der Waals surface area contributed by atoms with Crippen LogP contribution in [0.4, 0.5) is 5.69 Å². The molecule has 0 atom stereocenters. The van der Waals surface area contributed by atoms with E-state index in [2.05, 4.69) is 0 Å². The van der Waals surface area contributed by atoms with Crippen molar-refractivity contribution in [3.8, 4) is 11.5 Å². The van der Waals surface area contributed by atoms with Gasteiger partial charge in [0.1, 0.15) is 6.61 Å². The molecule has 1 saturated heterocycles. The van der Waals surface area contributed by atoms with E-state index >= 15 is 0 Å². The molecule has 6 nitrogen and oxygen atoms in total. The number of carbonyl (C=O) groups excluding carboxylic acids is 2. The van der Waals surface area contributed by atoms with Gasteiger partial charge in [0.15, 0.2) is 15.8 Å². The maximum absolute atomic E-state index is 12.7. The number of carboxylic acids is 1. The smallest absolute Gasteiger partial charge is 0.270 e. The van der Waals surface area contributed by atoms with Crippen LogP contribution in [0.25, 0.3) is 6.08 Å². The number of anilines is 1. The second-order valence-corrected chi connectivity index (χ2v) is 7.10. The highest BCUT2D eigenvalue weighted by molar-refractivity contribution is 8.27. The average Bonchev–Trinajstić information content (AvgIpc) is 2.94. The van der Waals surface area contributed by atoms with E-state index in [0.29, 0.717) is 26.2 Å². The molecule has 138 valence electrons. The normalized spacial score (nSPS) is 15.3. The lowest BCUT2D eigenvalue weighted by Gasteiger charge is -2.14. The van der Waals surface area contributed by atoms with Crippen LogP contribution in [0.3, 0.4) is 0 Å². The Hall–Kier alpha value is -2.84. The summed E-state index contributed by atoms with van der Waals surface area (Å²) in [6.07, 6.45) is 1.70. The van der Waals surface area contributed by atoms with Gasteiger partial charge >= 0.3 is 0 Å². The molecule has 0 aromatic heterocycles. The molecule has 1 heterocycles. The molecule has 1 fully saturated rings. The van der Waals surface area contributed by atoms with Gasteiger partial charge in [-0.05, 0) is 35.9 Å². The largest absolute Gasteiger partial charge is 0.546 e. The zero-order chi connectivity index (χ0) is 19.4. The minimum absolute atomic E-state index is 0.201. The Morgan fingerprint density at radius 2 is 1.96 bits per heavy atom. The molecule has 3 rings (SSSR count). The number of thiocarbonyl (C=S) groups is 1. The number of aliphatic carboxylic acids is 1. The van der Waals surface area contributed by atoms with Gasteiger partial charge in [0.25, 0.3) is 5.91 Å². The van der Waals surface area contributed by atoms with Gasteiger partial charge in [-0.25, -0.2) is 0 Å². The first-order valence-corrected chi connectivity index (χ1v) is 9.06. The number of para-hydroxylation sites is 1. The van der Waals surface area contributed by atoms with Crippen molar-refractivity contribution in [2.75, 3.05) is 18.6 Å². The molecular weight excluding hydrogens is 386 g/mol. The second-order valence-electron chi connectivity index (χ2n) is 5.42. The summed E-state index contributed by atoms with van der Waals surface area (Å²) in [4.78, 5) is 25.2. The quantitative estimate of drug-likeness (QED) is 0.543. The molecular formula is C19H14NO5S2-. The minimum atomic E-state index is -1.33. The van der Waals surface area contributed by atoms with Gasteiger partial charge in [-0.1, -0.05) is 48.2 Å². The van der Waals surface area contributed by atoms with Crippen molar-refractivity contribution in [3.63, 3.8) is 0 Å². The fraction of sp³-hybridized carbons (Fsp3) is 0.105. The van der Waals surface area contributed by atoms with Crippen molar-refractivity contribution in [3.05, 3.63) is 59.0 Å². The van der Waals surface area contributed by atoms with Gasteiger partial charge in [0.2, 0.25) is 0 Å². The topological polar surface area (TPSA) is 78.9 Å². The summed E-state index contributed by atoms with van der Waals surface area (Å²) in [5, 5.41) is 10.5. The third-order valence-electron chi connectivity index (χ3n) is 3.64. The van der Waals surface area contributed by atoms with Crippen molar-refractivity contribution < 1.29 is 24.2 Å². The van der Waals surface area contributed by atoms with Crippen molar-refractivity contribution >= 4 is 51.9 Å². The zero-order valence-electron chi connectivity index (χ0n) is 14.2. The molecule has 2 aromatic carbocycles. The van der Waals surface area contributed by atoms with E-state index in [1.165, 1.54) is 23.8 Å². The first kappa shape index (κ1) is 18.9. The number of ether oxygens (including phenoxy) is 2. The number of nitrogens with zero attached hydrogens (tertiary/aromatic N) is 1. The number of hydrogen-bond donors (Lipinski definition) is 0. The molecule has 0 aliphatic carbocycles. The van der Waals surface area contributed by atoms with E-state index in [1.54, 1.807) is 24.3 Å². The molecule has 8 heteroatoms. The molecule has 0 radical (unpaired) electrons. The molecule has 27 heavy (non-hydrogen) atoms. The number of hydrogen-bond acceptors (Lipinski definition) is 7. The lowest BCUT2D eigenvalue weighted by Crippen LogP contribution is -2.29. The fourth-order valence-electron chi connectivity index (χ4n) is 2.45. The van der Waals surface area contributed by atoms with Gasteiger partial charge in [-0.15, -0.1) is 0 Å². The lowest BCUT2D eigenvalue weighted by molar-refractivity contribution is -0.307. The highest BCUT2D eigenvalue weighted by Crippen LogP contribution is 2.37. The first-order valence-electron chi connectivity index (χ1n) is 7.83. The van der Waals surface area contributed by atoms with Crippen LogP contribution in [0.1, 0.15) is 5.56 Å². The zero-order valence-corrected chi connectivity index (χ0v) is 15.8. The van der Waals surface area contributed by atoms with Gasteiger partial charge in [-0.3, -0.25) is 9.69 Å². The number of carbonyl (C=O) groups is 2. The summed E-state index contributed by atoms with van der Waals surface area (Å²) in [6, 6.07) is 14.1. The number of benzene rings is 2. The van der Waals surface area contributed by atoms with Crippen molar-refractivity contribution in [1.82, 2.24) is 0 Å². The highest BCUT2D eigenvalue weighted by atomic mass is 32.2. The number of amides is 1. The van der Waals surface area contributed by atoms with Gasteiger partial charge < -0.3 is 19.4 Å². The van der Waals surface area contributed by atoms with E-state index in [-0.39, 0.29) is 11.7 Å². The Kier molecular flexibility index (Phi) is 5.78. The van der Waals surface area contributed by atoms with E-state index in [1.807, 2.05) is 30.3 Å². The van der Waals surface area contributed by atoms with E-state index in [9.17, 15) is 14.7 Å². The highest BCUT2D eigenvalue weighted by Gasteiger charge is 2.33. The Bertz CT molecular complexity index is 927. The maximum Gasteiger partial charge on any atom is 0.270 e. The van der Waals surface area contributed by atoms with Gasteiger partial charge in [0, 0.05) is 0 Å². The summed E-state index contributed by atoms with van der Waals surface area (Å²) in [5.41, 5.74) is 1.41. The van der Waals surface area contributed by atoms with Crippen LogP contribution in [-0.2, 0) is 9.59 Å². The van der Waals surface area contributed by atoms with Crippen LogP contribution in [0, 0.1) is 0 Å². The number of carboxylic acid groups (broad SMARTS) is 1. The first-order chi connectivity index (χ1) is 13.0. The Balaban J connectivity index is 1.85. The summed E-state index contributed by atoms with van der Waals surface area (Å²) < 4.78 is 10.8. The Morgan fingerprint density at radius 3 is 2.63 bits per heavy atom. The van der Waals surface area contributed by atoms with Crippen LogP contribution < -0.4 is 19.5 Å². The van der Waals surface area contributed by atoms with Crippen LogP contribution in [0.15, 0.2) is 53.4 Å². The fourth-order valence-corrected chi connectivity index (χ4v) is 3.75. The molecule has 1 aliphatic heterocycles. The van der Waals surface area contributed by atoms with E-state index < -0.39 is 12.6 Å². The van der Waals surface area contributed by atoms with E-state index in [0.717, 1.165) is 0 Å². The minimum Gasteiger partial charge on any atom is -0.546 e. The standard InChI is InChI=1S/C19H15NO5S2/c1-24-15-9-12(7-8-14(15)25-11-17(21)22)10-16-18(23)20(19(26)27-16)13-5-3-2-4-6-13/h2-10H,11H2,1H3,(H,21,22)/p-1/b16-10+. The molecule has 0 saturated carbocycles. The molecule has 0 unspecified atom stereocenters. The van der Waals surface area contributed by atoms with Crippen LogP contribution in [-0.4, -0.2) is 29.9 Å². The number of rotatable bonds is 6. The summed E-state index contributed by atoms with van der Waals surface area (Å²) >= 11 is 6.56. The molecule has 1 aliphatic rings. The van der Waals surface area contributed by atoms with E-state index in [4.69, 9.17) is 21.7 Å². The number of methoxy groups -OCH3 is 1. The SMILES string of the molecule is COc1cc(/C=C2/SC(=S)N(c3ccccc3)C2=O)ccc1OCC(=O)[O-]. The van der Waals surface area contributed by atoms with Gasteiger partial charge in [-0.2, -0.15) is 0 Å². The maximum atomic E-state index is 12.7. The predicted octanol–water partition coefficient (Wildman–Crippen LogP) is 2.23. The average molecular weight is 400 g/mol. The van der Waals surface area contributed by atoms with Gasteiger partial charge in [0.05, 0.1) is 23.7 Å². The molecule has 0 spiro atoms. The third-order valence-corrected chi connectivity index (χ3v) is 4.94. The summed E-state index contributed by atoms with van der Waals surface area (Å²) in [7, 11) is 1.44. The summed E-state index contributed by atoms with van der Waals surface area (Å²) in [5.74, 6) is -0.905. The third kappa shape index (κ3) is 4.29. The van der Waals surface area contributed by atoms with Crippen molar-refractivity contribution in [2.24, 2.45) is 0 Å². The Morgan fingerprint density at radius 1 is 1.22 bits per heavy atom. The van der Waals surface area contributed by atoms with Crippen molar-refractivity contribution in [2.45, 2.75) is 0 Å². The molecule has 1 amide bonds. The van der Waals surface area contributed by atoms with Crippen LogP contribution in [0.5, 0.6) is 11.5 Å². The molecule has 0 bridgehead atoms.